The van der Waals surface area contributed by atoms with E-state index in [0.29, 0.717) is 11.8 Å². The van der Waals surface area contributed by atoms with E-state index < -0.39 is 11.9 Å². The van der Waals surface area contributed by atoms with E-state index in [4.69, 9.17) is 0 Å². The molecular weight excluding hydrogens is 246 g/mol. The van der Waals surface area contributed by atoms with Crippen LogP contribution in [0.25, 0.3) is 0 Å². The Morgan fingerprint density at radius 2 is 2.05 bits per heavy atom. The van der Waals surface area contributed by atoms with Crippen molar-refractivity contribution in [1.29, 1.82) is 0 Å². The Kier molecular flexibility index (Phi) is 5.06. The number of aldehydes is 1. The van der Waals surface area contributed by atoms with Crippen LogP contribution in [-0.4, -0.2) is 35.1 Å². The molecule has 0 saturated carbocycles. The Labute approximate surface area is 112 Å². The number of benzene rings is 1. The summed E-state index contributed by atoms with van der Waals surface area (Å²) in [5, 5.41) is 21.7. The lowest BCUT2D eigenvalue weighted by molar-refractivity contribution is 0.0894. The monoisotopic (exact) mass is 265 g/mol. The van der Waals surface area contributed by atoms with Crippen molar-refractivity contribution in [2.24, 2.45) is 5.92 Å². The molecule has 5 nitrogen and oxygen atoms in total. The number of nitrogens with one attached hydrogen (secondary N) is 1. The molecule has 1 amide bonds. The number of aryl methyl sites for hydroxylation is 1. The first kappa shape index (κ1) is 15.2. The van der Waals surface area contributed by atoms with Crippen molar-refractivity contribution in [3.63, 3.8) is 0 Å². The van der Waals surface area contributed by atoms with Crippen LogP contribution in [0.2, 0.25) is 0 Å². The number of carbonyl (C=O) groups excluding carboxylic acids is 2. The SMILES string of the molecule is Cc1cc(C=O)c(O)c(C(=O)N[C@H](CO)C(C)C)c1. The first-order valence-electron chi connectivity index (χ1n) is 6.11. The molecule has 1 aromatic rings. The molecule has 19 heavy (non-hydrogen) atoms. The fourth-order valence-electron chi connectivity index (χ4n) is 1.74. The second-order valence-electron chi connectivity index (χ2n) is 4.87. The average molecular weight is 265 g/mol. The third kappa shape index (κ3) is 3.54. The maximum Gasteiger partial charge on any atom is 0.255 e. The number of amides is 1. The number of aliphatic hydroxyl groups excluding tert-OH is 1. The smallest absolute Gasteiger partial charge is 0.255 e. The van der Waals surface area contributed by atoms with Crippen LogP contribution in [0.3, 0.4) is 0 Å². The highest BCUT2D eigenvalue weighted by atomic mass is 16.3. The zero-order valence-corrected chi connectivity index (χ0v) is 11.3. The van der Waals surface area contributed by atoms with Crippen molar-refractivity contribution in [1.82, 2.24) is 5.32 Å². The summed E-state index contributed by atoms with van der Waals surface area (Å²) in [5.41, 5.74) is 0.826. The summed E-state index contributed by atoms with van der Waals surface area (Å²) in [6.07, 6.45) is 0.505. The number of hydrogen-bond acceptors (Lipinski definition) is 4. The number of phenolic OH excluding ortho intramolecular Hbond substituents is 1. The van der Waals surface area contributed by atoms with E-state index in [1.807, 2.05) is 13.8 Å². The van der Waals surface area contributed by atoms with Gasteiger partial charge in [0.15, 0.2) is 6.29 Å². The number of aliphatic hydroxyl groups is 1. The van der Waals surface area contributed by atoms with Crippen LogP contribution in [-0.2, 0) is 0 Å². The van der Waals surface area contributed by atoms with E-state index in [0.717, 1.165) is 0 Å². The molecule has 3 N–H and O–H groups in total. The van der Waals surface area contributed by atoms with Crippen LogP contribution in [0.15, 0.2) is 12.1 Å². The lowest BCUT2D eigenvalue weighted by Gasteiger charge is -2.20. The second kappa shape index (κ2) is 6.33. The maximum absolute atomic E-state index is 12.1. The number of aromatic hydroxyl groups is 1. The van der Waals surface area contributed by atoms with Gasteiger partial charge < -0.3 is 15.5 Å². The lowest BCUT2D eigenvalue weighted by atomic mass is 10.0. The molecular formula is C14H19NO4. The zero-order valence-electron chi connectivity index (χ0n) is 11.3. The summed E-state index contributed by atoms with van der Waals surface area (Å²) >= 11 is 0. The molecule has 1 rings (SSSR count). The van der Waals surface area contributed by atoms with Crippen molar-refractivity contribution in [3.8, 4) is 5.75 Å². The molecule has 0 fully saturated rings. The van der Waals surface area contributed by atoms with Crippen molar-refractivity contribution in [2.45, 2.75) is 26.8 Å². The van der Waals surface area contributed by atoms with Crippen LogP contribution < -0.4 is 5.32 Å². The van der Waals surface area contributed by atoms with Gasteiger partial charge in [0, 0.05) is 0 Å². The van der Waals surface area contributed by atoms with Crippen LogP contribution in [0.4, 0.5) is 0 Å². The van der Waals surface area contributed by atoms with Gasteiger partial charge in [-0.25, -0.2) is 0 Å². The van der Waals surface area contributed by atoms with Crippen LogP contribution in [0.1, 0.15) is 40.1 Å². The Morgan fingerprint density at radius 1 is 1.42 bits per heavy atom. The van der Waals surface area contributed by atoms with E-state index >= 15 is 0 Å². The second-order valence-corrected chi connectivity index (χ2v) is 4.87. The summed E-state index contributed by atoms with van der Waals surface area (Å²) in [6.45, 7) is 5.29. The van der Waals surface area contributed by atoms with Gasteiger partial charge in [-0.2, -0.15) is 0 Å². The molecule has 5 heteroatoms. The summed E-state index contributed by atoms with van der Waals surface area (Å²) in [6, 6.07) is 2.62. The first-order chi connectivity index (χ1) is 8.90. The predicted octanol–water partition coefficient (Wildman–Crippen LogP) is 1.26. The molecule has 0 saturated heterocycles. The van der Waals surface area contributed by atoms with Gasteiger partial charge in [0.05, 0.1) is 23.8 Å². The molecule has 0 aromatic heterocycles. The minimum Gasteiger partial charge on any atom is -0.506 e. The Morgan fingerprint density at radius 3 is 2.53 bits per heavy atom. The fraction of sp³-hybridized carbons (Fsp3) is 0.429. The molecule has 0 aliphatic heterocycles. The van der Waals surface area contributed by atoms with Gasteiger partial charge in [0.2, 0.25) is 0 Å². The van der Waals surface area contributed by atoms with E-state index in [2.05, 4.69) is 5.32 Å². The summed E-state index contributed by atoms with van der Waals surface area (Å²) in [4.78, 5) is 22.9. The Hall–Kier alpha value is -1.88. The minimum atomic E-state index is -0.503. The Bertz CT molecular complexity index is 483. The van der Waals surface area contributed by atoms with Gasteiger partial charge in [-0.15, -0.1) is 0 Å². The van der Waals surface area contributed by atoms with E-state index in [1.54, 1.807) is 6.92 Å². The fourth-order valence-corrected chi connectivity index (χ4v) is 1.74. The minimum absolute atomic E-state index is 0.0428. The highest BCUT2D eigenvalue weighted by Crippen LogP contribution is 2.23. The van der Waals surface area contributed by atoms with Gasteiger partial charge in [0.25, 0.3) is 5.91 Å². The summed E-state index contributed by atoms with van der Waals surface area (Å²) in [5.74, 6) is -0.776. The van der Waals surface area contributed by atoms with Gasteiger partial charge in [0.1, 0.15) is 5.75 Å². The van der Waals surface area contributed by atoms with Crippen molar-refractivity contribution in [3.05, 3.63) is 28.8 Å². The summed E-state index contributed by atoms with van der Waals surface area (Å²) in [7, 11) is 0. The summed E-state index contributed by atoms with van der Waals surface area (Å²) < 4.78 is 0. The number of hydrogen-bond donors (Lipinski definition) is 3. The van der Waals surface area contributed by atoms with E-state index in [1.165, 1.54) is 12.1 Å². The van der Waals surface area contributed by atoms with Gasteiger partial charge in [-0.1, -0.05) is 13.8 Å². The molecule has 0 heterocycles. The molecule has 0 bridgehead atoms. The largest absolute Gasteiger partial charge is 0.506 e. The molecule has 0 spiro atoms. The maximum atomic E-state index is 12.1. The number of phenols is 1. The van der Waals surface area contributed by atoms with Crippen LogP contribution in [0.5, 0.6) is 5.75 Å². The molecule has 0 aliphatic rings. The van der Waals surface area contributed by atoms with E-state index in [-0.39, 0.29) is 29.4 Å². The van der Waals surface area contributed by atoms with Crippen LogP contribution in [0, 0.1) is 12.8 Å². The molecule has 0 aliphatic carbocycles. The third-order valence-corrected chi connectivity index (χ3v) is 2.97. The molecule has 0 radical (unpaired) electrons. The van der Waals surface area contributed by atoms with Gasteiger partial charge in [-0.3, -0.25) is 9.59 Å². The molecule has 1 aromatic carbocycles. The highest BCUT2D eigenvalue weighted by molar-refractivity contribution is 6.00. The quantitative estimate of drug-likeness (QED) is 0.699. The third-order valence-electron chi connectivity index (χ3n) is 2.97. The normalized spacial score (nSPS) is 12.3. The number of carbonyl (C=O) groups is 2. The van der Waals surface area contributed by atoms with Crippen molar-refractivity contribution < 1.29 is 19.8 Å². The predicted molar refractivity (Wildman–Crippen MR) is 71.4 cm³/mol. The highest BCUT2D eigenvalue weighted by Gasteiger charge is 2.20. The zero-order chi connectivity index (χ0) is 14.6. The first-order valence-corrected chi connectivity index (χ1v) is 6.11. The Balaban J connectivity index is 3.06. The molecule has 0 unspecified atom stereocenters. The van der Waals surface area contributed by atoms with E-state index in [9.17, 15) is 19.8 Å². The number of rotatable bonds is 5. The topological polar surface area (TPSA) is 86.6 Å². The average Bonchev–Trinajstić information content (AvgIpc) is 2.37. The van der Waals surface area contributed by atoms with Crippen molar-refractivity contribution >= 4 is 12.2 Å². The van der Waals surface area contributed by atoms with Crippen LogP contribution >= 0.6 is 0 Å². The van der Waals surface area contributed by atoms with Gasteiger partial charge >= 0.3 is 0 Å². The molecule has 1 atom stereocenters. The molecule has 104 valence electrons. The lowest BCUT2D eigenvalue weighted by Crippen LogP contribution is -2.41. The standard InChI is InChI=1S/C14H19NO4/c1-8(2)12(7-17)15-14(19)11-5-9(3)4-10(6-16)13(11)18/h4-6,8,12,17-18H,7H2,1-3H3,(H,15,19)/t12-/m1/s1. The van der Waals surface area contributed by atoms with Crippen molar-refractivity contribution in [2.75, 3.05) is 6.61 Å². The van der Waals surface area contributed by atoms with Gasteiger partial charge in [-0.05, 0) is 30.5 Å².